The minimum atomic E-state index is -0.304. The normalized spacial score (nSPS) is 14.0. The van der Waals surface area contributed by atoms with Crippen LogP contribution in [0.4, 0.5) is 0 Å². The second-order valence-corrected chi connectivity index (χ2v) is 5.22. The van der Waals surface area contributed by atoms with Crippen molar-refractivity contribution < 1.29 is 4.79 Å². The molecule has 0 aliphatic heterocycles. The zero-order chi connectivity index (χ0) is 14.8. The summed E-state index contributed by atoms with van der Waals surface area (Å²) in [4.78, 5) is 19.2. The van der Waals surface area contributed by atoms with Crippen LogP contribution in [0.25, 0.3) is 11.0 Å². The first-order valence-electron chi connectivity index (χ1n) is 6.94. The summed E-state index contributed by atoms with van der Waals surface area (Å²) in [5.74, 6) is -0.685. The highest BCUT2D eigenvalue weighted by Gasteiger charge is 2.27. The summed E-state index contributed by atoms with van der Waals surface area (Å²) in [5, 5.41) is 1.03. The van der Waals surface area contributed by atoms with Crippen LogP contribution in [0, 0.1) is 5.92 Å². The number of carbonyl (C=O) groups excluding carboxylic acids is 1. The van der Waals surface area contributed by atoms with Crippen LogP contribution in [0.15, 0.2) is 54.9 Å². The number of amides is 1. The van der Waals surface area contributed by atoms with Crippen LogP contribution in [0.5, 0.6) is 0 Å². The molecule has 0 fully saturated rings. The summed E-state index contributed by atoms with van der Waals surface area (Å²) in [5.41, 5.74) is 8.51. The molecule has 0 aliphatic carbocycles. The number of hydrogen-bond donors (Lipinski definition) is 2. The second-order valence-electron chi connectivity index (χ2n) is 5.22. The molecule has 2 unspecified atom stereocenters. The van der Waals surface area contributed by atoms with E-state index in [0.717, 1.165) is 22.2 Å². The van der Waals surface area contributed by atoms with Crippen molar-refractivity contribution in [2.45, 2.75) is 12.8 Å². The maximum Gasteiger partial charge on any atom is 0.221 e. The minimum Gasteiger partial charge on any atom is -0.369 e. The van der Waals surface area contributed by atoms with Gasteiger partial charge in [0.1, 0.15) is 5.65 Å². The number of nitrogens with zero attached hydrogens (tertiary/aromatic N) is 1. The number of hydrogen-bond acceptors (Lipinski definition) is 2. The highest BCUT2D eigenvalue weighted by molar-refractivity contribution is 5.84. The van der Waals surface area contributed by atoms with Gasteiger partial charge in [0.05, 0.1) is 0 Å². The third kappa shape index (κ3) is 2.40. The number of aromatic nitrogens is 2. The first-order chi connectivity index (χ1) is 10.2. The van der Waals surface area contributed by atoms with Crippen molar-refractivity contribution in [2.24, 2.45) is 11.7 Å². The van der Waals surface area contributed by atoms with Crippen LogP contribution in [0.1, 0.15) is 24.0 Å². The maximum atomic E-state index is 11.7. The molecule has 3 N–H and O–H groups in total. The van der Waals surface area contributed by atoms with E-state index in [1.165, 1.54) is 0 Å². The number of rotatable bonds is 4. The number of nitrogens with two attached hydrogens (primary N) is 1. The molecule has 4 nitrogen and oxygen atoms in total. The smallest absolute Gasteiger partial charge is 0.221 e. The lowest BCUT2D eigenvalue weighted by atomic mass is 9.81. The van der Waals surface area contributed by atoms with Gasteiger partial charge < -0.3 is 10.7 Å². The van der Waals surface area contributed by atoms with Gasteiger partial charge in [0, 0.05) is 29.6 Å². The van der Waals surface area contributed by atoms with Crippen molar-refractivity contribution in [1.29, 1.82) is 0 Å². The zero-order valence-corrected chi connectivity index (χ0v) is 11.8. The van der Waals surface area contributed by atoms with Crippen LogP contribution in [0.2, 0.25) is 0 Å². The Bertz CT molecular complexity index is 764. The largest absolute Gasteiger partial charge is 0.369 e. The predicted molar refractivity (Wildman–Crippen MR) is 82.7 cm³/mol. The van der Waals surface area contributed by atoms with Crippen molar-refractivity contribution in [1.82, 2.24) is 9.97 Å². The van der Waals surface area contributed by atoms with Crippen molar-refractivity contribution in [3.05, 3.63) is 66.0 Å². The standard InChI is InChI=1S/C17H17N3O/c1-11(16(18)21)15(12-6-3-2-4-7-12)14-10-20-17-13(14)8-5-9-19-17/h2-11,15H,1H3,(H2,18,21)(H,19,20). The quantitative estimate of drug-likeness (QED) is 0.770. The molecule has 0 aliphatic rings. The minimum absolute atomic E-state index is 0.0818. The van der Waals surface area contributed by atoms with Crippen LogP contribution in [0.3, 0.4) is 0 Å². The lowest BCUT2D eigenvalue weighted by molar-refractivity contribution is -0.121. The van der Waals surface area contributed by atoms with E-state index in [0.29, 0.717) is 0 Å². The number of fused-ring (bicyclic) bond motifs is 1. The second kappa shape index (κ2) is 5.40. The third-order valence-corrected chi connectivity index (χ3v) is 3.93. The number of primary amides is 1. The van der Waals surface area contributed by atoms with Crippen molar-refractivity contribution in [3.8, 4) is 0 Å². The highest BCUT2D eigenvalue weighted by atomic mass is 16.1. The van der Waals surface area contributed by atoms with Crippen molar-refractivity contribution in [3.63, 3.8) is 0 Å². The van der Waals surface area contributed by atoms with Gasteiger partial charge in [-0.2, -0.15) is 0 Å². The van der Waals surface area contributed by atoms with E-state index in [1.54, 1.807) is 6.20 Å². The Balaban J connectivity index is 2.18. The molecule has 21 heavy (non-hydrogen) atoms. The Hall–Kier alpha value is -2.62. The van der Waals surface area contributed by atoms with Crippen LogP contribution < -0.4 is 5.73 Å². The van der Waals surface area contributed by atoms with Gasteiger partial charge in [0.2, 0.25) is 5.91 Å². The molecule has 0 radical (unpaired) electrons. The summed E-state index contributed by atoms with van der Waals surface area (Å²) < 4.78 is 0. The molecule has 2 atom stereocenters. The molecule has 0 saturated heterocycles. The summed E-state index contributed by atoms with van der Waals surface area (Å²) in [6, 6.07) is 13.9. The van der Waals surface area contributed by atoms with Gasteiger partial charge in [0.25, 0.3) is 0 Å². The van der Waals surface area contributed by atoms with Gasteiger partial charge >= 0.3 is 0 Å². The number of H-pyrrole nitrogens is 1. The van der Waals surface area contributed by atoms with Crippen molar-refractivity contribution in [2.75, 3.05) is 0 Å². The molecule has 0 saturated carbocycles. The van der Waals surface area contributed by atoms with Gasteiger partial charge in [-0.3, -0.25) is 4.79 Å². The molecular weight excluding hydrogens is 262 g/mol. The van der Waals surface area contributed by atoms with Gasteiger partial charge in [-0.25, -0.2) is 4.98 Å². The van der Waals surface area contributed by atoms with E-state index < -0.39 is 0 Å². The van der Waals surface area contributed by atoms with Crippen LogP contribution >= 0.6 is 0 Å². The molecule has 3 rings (SSSR count). The molecule has 4 heteroatoms. The predicted octanol–water partition coefficient (Wildman–Crippen LogP) is 2.82. The lowest BCUT2D eigenvalue weighted by Gasteiger charge is -2.22. The SMILES string of the molecule is CC(C(N)=O)C(c1ccccc1)c1c[nH]c2ncccc12. The molecular formula is C17H17N3O. The van der Waals surface area contributed by atoms with E-state index in [1.807, 2.05) is 55.6 Å². The van der Waals surface area contributed by atoms with Gasteiger partial charge in [0.15, 0.2) is 0 Å². The Morgan fingerprint density at radius 3 is 2.67 bits per heavy atom. The molecule has 3 aromatic rings. The first-order valence-corrected chi connectivity index (χ1v) is 6.94. The molecule has 2 aromatic heterocycles. The number of benzene rings is 1. The van der Waals surface area contributed by atoms with E-state index >= 15 is 0 Å². The Morgan fingerprint density at radius 1 is 1.19 bits per heavy atom. The van der Waals surface area contributed by atoms with Crippen molar-refractivity contribution >= 4 is 16.9 Å². The highest BCUT2D eigenvalue weighted by Crippen LogP contribution is 2.35. The topological polar surface area (TPSA) is 71.8 Å². The van der Waals surface area contributed by atoms with Gasteiger partial charge in [-0.05, 0) is 23.3 Å². The van der Waals surface area contributed by atoms with E-state index in [2.05, 4.69) is 9.97 Å². The maximum absolute atomic E-state index is 11.7. The number of aromatic amines is 1. The molecule has 0 spiro atoms. The van der Waals surface area contributed by atoms with E-state index in [4.69, 9.17) is 5.73 Å². The molecule has 0 bridgehead atoms. The van der Waals surface area contributed by atoms with E-state index in [9.17, 15) is 4.79 Å². The Morgan fingerprint density at radius 2 is 1.95 bits per heavy atom. The fourth-order valence-corrected chi connectivity index (χ4v) is 2.80. The molecule has 1 amide bonds. The van der Waals surface area contributed by atoms with E-state index in [-0.39, 0.29) is 17.7 Å². The number of nitrogens with one attached hydrogen (secondary N) is 1. The monoisotopic (exact) mass is 279 g/mol. The summed E-state index contributed by atoms with van der Waals surface area (Å²) in [7, 11) is 0. The Labute approximate surface area is 123 Å². The summed E-state index contributed by atoms with van der Waals surface area (Å²) >= 11 is 0. The molecule has 1 aromatic carbocycles. The van der Waals surface area contributed by atoms with Crippen LogP contribution in [-0.2, 0) is 4.79 Å². The summed E-state index contributed by atoms with van der Waals surface area (Å²) in [6.07, 6.45) is 3.67. The molecule has 106 valence electrons. The van der Waals surface area contributed by atoms with Crippen LogP contribution in [-0.4, -0.2) is 15.9 Å². The number of pyridine rings is 1. The zero-order valence-electron chi connectivity index (χ0n) is 11.8. The van der Waals surface area contributed by atoms with Gasteiger partial charge in [-0.15, -0.1) is 0 Å². The lowest BCUT2D eigenvalue weighted by Crippen LogP contribution is -2.27. The average Bonchev–Trinajstić information content (AvgIpc) is 2.93. The Kier molecular flexibility index (Phi) is 3.44. The fraction of sp³-hybridized carbons (Fsp3) is 0.176. The average molecular weight is 279 g/mol. The fourth-order valence-electron chi connectivity index (χ4n) is 2.80. The molecule has 2 heterocycles. The summed E-state index contributed by atoms with van der Waals surface area (Å²) in [6.45, 7) is 1.87. The number of carbonyl (C=O) groups is 1. The van der Waals surface area contributed by atoms with Gasteiger partial charge in [-0.1, -0.05) is 37.3 Å². The third-order valence-electron chi connectivity index (χ3n) is 3.93. The first kappa shape index (κ1) is 13.4.